The van der Waals surface area contributed by atoms with E-state index in [4.69, 9.17) is 5.21 Å². The Morgan fingerprint density at radius 2 is 2.06 bits per heavy atom. The molecule has 0 spiro atoms. The van der Waals surface area contributed by atoms with E-state index in [1.807, 2.05) is 13.0 Å². The number of benzene rings is 2. The Balaban J connectivity index is 2.42. The molecule has 0 aromatic heterocycles. The summed E-state index contributed by atoms with van der Waals surface area (Å²) in [6, 6.07) is 8.44. The molecule has 1 aliphatic rings. The Hall–Kier alpha value is -1.35. The lowest BCUT2D eigenvalue weighted by atomic mass is 9.98. The third-order valence-electron chi connectivity index (χ3n) is 3.51. The van der Waals surface area contributed by atoms with E-state index in [0.29, 0.717) is 5.71 Å². The quantitative estimate of drug-likeness (QED) is 0.482. The van der Waals surface area contributed by atoms with Crippen molar-refractivity contribution in [2.45, 2.75) is 19.8 Å². The monoisotopic (exact) mass is 289 g/mol. The maximum Gasteiger partial charge on any atom is 0.0839 e. The van der Waals surface area contributed by atoms with Crippen molar-refractivity contribution < 1.29 is 5.21 Å². The number of aryl methyl sites for hydroxylation is 2. The van der Waals surface area contributed by atoms with Gasteiger partial charge in [0.15, 0.2) is 0 Å². The van der Waals surface area contributed by atoms with Gasteiger partial charge in [-0.3, -0.25) is 0 Å². The summed E-state index contributed by atoms with van der Waals surface area (Å²) in [6.07, 6.45) is 2.11. The summed E-state index contributed by atoms with van der Waals surface area (Å²) < 4.78 is 1.13. The highest BCUT2D eigenvalue weighted by Gasteiger charge is 2.19. The van der Waals surface area contributed by atoms with Gasteiger partial charge < -0.3 is 5.21 Å². The van der Waals surface area contributed by atoms with Crippen LogP contribution in [-0.4, -0.2) is 10.9 Å². The zero-order valence-corrected chi connectivity index (χ0v) is 11.1. The Kier molecular flexibility index (Phi) is 2.44. The molecule has 0 radical (unpaired) electrons. The van der Waals surface area contributed by atoms with Crippen LogP contribution in [0.3, 0.4) is 0 Å². The first-order valence-electron chi connectivity index (χ1n) is 5.64. The lowest BCUT2D eigenvalue weighted by molar-refractivity contribution is 0.319. The van der Waals surface area contributed by atoms with E-state index in [0.717, 1.165) is 22.9 Å². The van der Waals surface area contributed by atoms with Gasteiger partial charge in [0, 0.05) is 10.0 Å². The van der Waals surface area contributed by atoms with E-state index in [2.05, 4.69) is 39.3 Å². The minimum atomic E-state index is 0.690. The van der Waals surface area contributed by atoms with Gasteiger partial charge in [0.2, 0.25) is 0 Å². The van der Waals surface area contributed by atoms with E-state index in [1.165, 1.54) is 21.9 Å². The largest absolute Gasteiger partial charge is 0.411 e. The van der Waals surface area contributed by atoms with Crippen molar-refractivity contribution in [1.82, 2.24) is 0 Å². The molecule has 2 aromatic carbocycles. The first kappa shape index (κ1) is 10.8. The zero-order valence-electron chi connectivity index (χ0n) is 9.50. The molecule has 0 aliphatic heterocycles. The summed E-state index contributed by atoms with van der Waals surface area (Å²) >= 11 is 3.59. The second kappa shape index (κ2) is 3.84. The van der Waals surface area contributed by atoms with Gasteiger partial charge in [-0.05, 0) is 47.7 Å². The van der Waals surface area contributed by atoms with Gasteiger partial charge in [-0.1, -0.05) is 39.3 Å². The van der Waals surface area contributed by atoms with Crippen molar-refractivity contribution >= 4 is 32.4 Å². The summed E-state index contributed by atoms with van der Waals surface area (Å²) in [5, 5.41) is 14.8. The fourth-order valence-corrected chi connectivity index (χ4v) is 3.14. The number of oxime groups is 1. The van der Waals surface area contributed by atoms with Crippen LogP contribution < -0.4 is 0 Å². The summed E-state index contributed by atoms with van der Waals surface area (Å²) in [5.74, 6) is 0. The number of nitrogens with zero attached hydrogens (tertiary/aromatic N) is 1. The molecule has 1 aliphatic carbocycles. The standard InChI is InChI=1S/C14H12BrNO/c1-8(16-17)10-5-6-12-13(15)7-3-9-2-4-11(10)14(9)12/h3,5-7,17H,2,4H2,1H3. The van der Waals surface area contributed by atoms with Crippen LogP contribution in [0.2, 0.25) is 0 Å². The van der Waals surface area contributed by atoms with Crippen LogP contribution >= 0.6 is 15.9 Å². The normalized spacial score (nSPS) is 14.6. The minimum Gasteiger partial charge on any atom is -0.411 e. The average Bonchev–Trinajstić information content (AvgIpc) is 2.78. The Morgan fingerprint density at radius 3 is 2.82 bits per heavy atom. The molecule has 0 saturated carbocycles. The van der Waals surface area contributed by atoms with Crippen LogP contribution in [0.5, 0.6) is 0 Å². The fraction of sp³-hybridized carbons (Fsp3) is 0.214. The molecule has 0 unspecified atom stereocenters. The van der Waals surface area contributed by atoms with Crippen LogP contribution in [-0.2, 0) is 12.8 Å². The van der Waals surface area contributed by atoms with Gasteiger partial charge >= 0.3 is 0 Å². The molecule has 17 heavy (non-hydrogen) atoms. The molecule has 2 aromatic rings. The first-order chi connectivity index (χ1) is 8.22. The Morgan fingerprint density at radius 1 is 1.24 bits per heavy atom. The minimum absolute atomic E-state index is 0.690. The third kappa shape index (κ3) is 1.49. The maximum absolute atomic E-state index is 8.93. The van der Waals surface area contributed by atoms with Crippen LogP contribution in [0.4, 0.5) is 0 Å². The molecular formula is C14H12BrNO. The molecule has 3 heteroatoms. The summed E-state index contributed by atoms with van der Waals surface area (Å²) in [4.78, 5) is 0. The van der Waals surface area contributed by atoms with Crippen molar-refractivity contribution in [3.05, 3.63) is 45.4 Å². The van der Waals surface area contributed by atoms with Crippen LogP contribution in [0, 0.1) is 0 Å². The fourth-order valence-electron chi connectivity index (χ4n) is 2.68. The second-order valence-corrected chi connectivity index (χ2v) is 5.26. The highest BCUT2D eigenvalue weighted by atomic mass is 79.9. The topological polar surface area (TPSA) is 32.6 Å². The summed E-state index contributed by atoms with van der Waals surface area (Å²) in [5.41, 5.74) is 4.46. The molecule has 0 fully saturated rings. The zero-order chi connectivity index (χ0) is 12.0. The van der Waals surface area contributed by atoms with Crippen LogP contribution in [0.15, 0.2) is 33.9 Å². The molecule has 0 heterocycles. The highest BCUT2D eigenvalue weighted by Crippen LogP contribution is 2.37. The lowest BCUT2D eigenvalue weighted by Gasteiger charge is -2.09. The predicted octanol–water partition coefficient (Wildman–Crippen LogP) is 3.90. The SMILES string of the molecule is CC(=NO)c1ccc2c(Br)ccc3c2c1CC3. The van der Waals surface area contributed by atoms with Crippen molar-refractivity contribution in [2.75, 3.05) is 0 Å². The van der Waals surface area contributed by atoms with E-state index in [-0.39, 0.29) is 0 Å². The molecule has 86 valence electrons. The molecule has 1 N–H and O–H groups in total. The van der Waals surface area contributed by atoms with E-state index < -0.39 is 0 Å². The van der Waals surface area contributed by atoms with Gasteiger partial charge in [0.25, 0.3) is 0 Å². The van der Waals surface area contributed by atoms with Crippen molar-refractivity contribution in [2.24, 2.45) is 5.16 Å². The third-order valence-corrected chi connectivity index (χ3v) is 4.20. The van der Waals surface area contributed by atoms with Gasteiger partial charge in [-0.25, -0.2) is 0 Å². The molecule has 0 bridgehead atoms. The maximum atomic E-state index is 8.93. The summed E-state index contributed by atoms with van der Waals surface area (Å²) in [6.45, 7) is 1.84. The number of halogens is 1. The van der Waals surface area contributed by atoms with E-state index in [1.54, 1.807) is 0 Å². The van der Waals surface area contributed by atoms with Gasteiger partial charge in [-0.2, -0.15) is 0 Å². The first-order valence-corrected chi connectivity index (χ1v) is 6.43. The van der Waals surface area contributed by atoms with Gasteiger partial charge in [-0.15, -0.1) is 0 Å². The Labute approximate surface area is 108 Å². The number of hydrogen-bond donors (Lipinski definition) is 1. The van der Waals surface area contributed by atoms with Crippen molar-refractivity contribution in [1.29, 1.82) is 0 Å². The number of rotatable bonds is 1. The number of hydrogen-bond acceptors (Lipinski definition) is 2. The van der Waals surface area contributed by atoms with Crippen LogP contribution in [0.1, 0.15) is 23.6 Å². The van der Waals surface area contributed by atoms with Gasteiger partial charge in [0.1, 0.15) is 0 Å². The van der Waals surface area contributed by atoms with Crippen LogP contribution in [0.25, 0.3) is 10.8 Å². The van der Waals surface area contributed by atoms with Crippen molar-refractivity contribution in [3.8, 4) is 0 Å². The van der Waals surface area contributed by atoms with E-state index in [9.17, 15) is 0 Å². The average molecular weight is 290 g/mol. The smallest absolute Gasteiger partial charge is 0.0839 e. The second-order valence-electron chi connectivity index (χ2n) is 4.41. The summed E-state index contributed by atoms with van der Waals surface area (Å²) in [7, 11) is 0. The lowest BCUT2D eigenvalue weighted by Crippen LogP contribution is -1.99. The molecular weight excluding hydrogens is 278 g/mol. The van der Waals surface area contributed by atoms with Gasteiger partial charge in [0.05, 0.1) is 5.71 Å². The molecule has 0 atom stereocenters. The Bertz CT molecular complexity index is 646. The van der Waals surface area contributed by atoms with Crippen molar-refractivity contribution in [3.63, 3.8) is 0 Å². The predicted molar refractivity (Wildman–Crippen MR) is 73.1 cm³/mol. The molecule has 2 nitrogen and oxygen atoms in total. The van der Waals surface area contributed by atoms with E-state index >= 15 is 0 Å². The highest BCUT2D eigenvalue weighted by molar-refractivity contribution is 9.10. The molecule has 0 saturated heterocycles. The molecule has 3 rings (SSSR count). The molecule has 0 amide bonds.